The average Bonchev–Trinajstić information content (AvgIpc) is 3.18. The Morgan fingerprint density at radius 1 is 0.895 bits per heavy atom. The molecule has 1 unspecified atom stereocenters. The van der Waals surface area contributed by atoms with E-state index in [0.717, 1.165) is 5.56 Å². The molecule has 1 saturated heterocycles. The smallest absolute Gasteiger partial charge is 0.338 e. The highest BCUT2D eigenvalue weighted by Crippen LogP contribution is 2.43. The molecular formula is C31H31NO6. The summed E-state index contributed by atoms with van der Waals surface area (Å²) in [6.07, 6.45) is -0.315. The fourth-order valence-corrected chi connectivity index (χ4v) is 4.60. The van der Waals surface area contributed by atoms with Crippen LogP contribution in [0.2, 0.25) is 0 Å². The predicted molar refractivity (Wildman–Crippen MR) is 145 cm³/mol. The van der Waals surface area contributed by atoms with Gasteiger partial charge in [0, 0.05) is 11.3 Å². The van der Waals surface area contributed by atoms with Gasteiger partial charge in [-0.2, -0.15) is 0 Å². The van der Waals surface area contributed by atoms with Crippen LogP contribution in [0.25, 0.3) is 5.76 Å². The van der Waals surface area contributed by atoms with Crippen molar-refractivity contribution in [3.8, 4) is 5.75 Å². The lowest BCUT2D eigenvalue weighted by molar-refractivity contribution is -0.132. The minimum absolute atomic E-state index is 0.0313. The number of carbonyl (C=O) groups excluding carboxylic acids is 3. The molecule has 7 nitrogen and oxygen atoms in total. The number of amides is 1. The van der Waals surface area contributed by atoms with E-state index in [9.17, 15) is 19.5 Å². The third kappa shape index (κ3) is 5.05. The van der Waals surface area contributed by atoms with Crippen LogP contribution in [0.3, 0.4) is 0 Å². The predicted octanol–water partition coefficient (Wildman–Crippen LogP) is 6.01. The normalized spacial score (nSPS) is 16.8. The maximum atomic E-state index is 13.5. The highest BCUT2D eigenvalue weighted by molar-refractivity contribution is 6.51. The van der Waals surface area contributed by atoms with Crippen LogP contribution < -0.4 is 9.64 Å². The summed E-state index contributed by atoms with van der Waals surface area (Å²) < 4.78 is 10.8. The molecule has 4 rings (SSSR count). The van der Waals surface area contributed by atoms with Crippen LogP contribution in [0, 0.1) is 0 Å². The number of anilines is 1. The molecular weight excluding hydrogens is 482 g/mol. The topological polar surface area (TPSA) is 93.1 Å². The van der Waals surface area contributed by atoms with Crippen molar-refractivity contribution in [2.75, 3.05) is 12.0 Å². The molecule has 1 aliphatic rings. The molecule has 3 aromatic rings. The first-order valence-corrected chi connectivity index (χ1v) is 12.5. The second-order valence-electron chi connectivity index (χ2n) is 9.70. The third-order valence-electron chi connectivity index (χ3n) is 6.39. The summed E-state index contributed by atoms with van der Waals surface area (Å²) in [5, 5.41) is 11.5. The lowest BCUT2D eigenvalue weighted by Crippen LogP contribution is -2.29. The lowest BCUT2D eigenvalue weighted by atomic mass is 9.93. The van der Waals surface area contributed by atoms with E-state index in [-0.39, 0.29) is 28.9 Å². The molecule has 0 aliphatic carbocycles. The maximum absolute atomic E-state index is 13.5. The minimum atomic E-state index is -0.905. The van der Waals surface area contributed by atoms with Gasteiger partial charge in [-0.1, -0.05) is 50.2 Å². The number of esters is 1. The molecule has 1 N–H and O–H groups in total. The van der Waals surface area contributed by atoms with Crippen molar-refractivity contribution < 1.29 is 29.0 Å². The van der Waals surface area contributed by atoms with E-state index in [0.29, 0.717) is 22.6 Å². The Kier molecular flexibility index (Phi) is 7.67. The third-order valence-corrected chi connectivity index (χ3v) is 6.39. The van der Waals surface area contributed by atoms with Gasteiger partial charge in [-0.15, -0.1) is 0 Å². The van der Waals surface area contributed by atoms with Gasteiger partial charge in [-0.25, -0.2) is 4.79 Å². The zero-order chi connectivity index (χ0) is 27.6. The second-order valence-corrected chi connectivity index (χ2v) is 9.70. The van der Waals surface area contributed by atoms with Gasteiger partial charge < -0.3 is 14.6 Å². The Morgan fingerprint density at radius 2 is 1.61 bits per heavy atom. The Hall–Kier alpha value is -4.39. The molecule has 38 heavy (non-hydrogen) atoms. The van der Waals surface area contributed by atoms with Gasteiger partial charge in [0.15, 0.2) is 0 Å². The zero-order valence-corrected chi connectivity index (χ0v) is 22.1. The van der Waals surface area contributed by atoms with Crippen molar-refractivity contribution >= 4 is 29.1 Å². The van der Waals surface area contributed by atoms with E-state index < -0.39 is 23.7 Å². The number of nitrogens with zero attached hydrogens (tertiary/aromatic N) is 1. The van der Waals surface area contributed by atoms with Gasteiger partial charge in [-0.3, -0.25) is 14.5 Å². The molecule has 0 radical (unpaired) electrons. The van der Waals surface area contributed by atoms with E-state index in [1.54, 1.807) is 81.6 Å². The number of aliphatic hydroxyl groups is 1. The molecule has 3 aromatic carbocycles. The number of ether oxygens (including phenoxy) is 2. The van der Waals surface area contributed by atoms with Crippen molar-refractivity contribution in [3.05, 3.63) is 101 Å². The van der Waals surface area contributed by atoms with Gasteiger partial charge in [0.05, 0.1) is 30.4 Å². The molecule has 1 heterocycles. The lowest BCUT2D eigenvalue weighted by Gasteiger charge is -2.26. The summed E-state index contributed by atoms with van der Waals surface area (Å²) in [5.74, 6) is -1.66. The van der Waals surface area contributed by atoms with Crippen molar-refractivity contribution in [3.63, 3.8) is 0 Å². The van der Waals surface area contributed by atoms with Gasteiger partial charge in [0.1, 0.15) is 11.5 Å². The van der Waals surface area contributed by atoms with Crippen LogP contribution in [0.4, 0.5) is 5.69 Å². The van der Waals surface area contributed by atoms with Gasteiger partial charge in [-0.05, 0) is 67.3 Å². The van der Waals surface area contributed by atoms with Crippen LogP contribution in [0.5, 0.6) is 5.75 Å². The standard InChI is InChI=1S/C31H31NO6/c1-18(2)24-17-21(14-15-25(24)37-5)28(33)26-27(20-10-7-6-8-11-20)32(30(35)29(26)34)23-13-9-12-22(16-23)31(36)38-19(3)4/h6-19,27,33H,1-5H3/b28-26-. The second kappa shape index (κ2) is 10.9. The molecule has 0 bridgehead atoms. The largest absolute Gasteiger partial charge is 0.507 e. The van der Waals surface area contributed by atoms with Crippen LogP contribution in [0.1, 0.15) is 66.7 Å². The number of aliphatic hydroxyl groups excluding tert-OH is 1. The van der Waals surface area contributed by atoms with Gasteiger partial charge in [0.2, 0.25) is 0 Å². The monoisotopic (exact) mass is 513 g/mol. The molecule has 1 fully saturated rings. The molecule has 0 spiro atoms. The number of methoxy groups -OCH3 is 1. The summed E-state index contributed by atoms with van der Waals surface area (Å²) in [4.78, 5) is 40.8. The summed E-state index contributed by atoms with van der Waals surface area (Å²) in [6, 6.07) is 19.7. The van der Waals surface area contributed by atoms with E-state index in [1.807, 2.05) is 19.9 Å². The van der Waals surface area contributed by atoms with Crippen molar-refractivity contribution in [1.82, 2.24) is 0 Å². The van der Waals surface area contributed by atoms with Crippen LogP contribution in [-0.2, 0) is 14.3 Å². The maximum Gasteiger partial charge on any atom is 0.338 e. The number of rotatable bonds is 7. The SMILES string of the molecule is COc1ccc(/C(O)=C2/C(=O)C(=O)N(c3cccc(C(=O)OC(C)C)c3)C2c2ccccc2)cc1C(C)C. The van der Waals surface area contributed by atoms with Gasteiger partial charge in [0.25, 0.3) is 11.7 Å². The number of hydrogen-bond acceptors (Lipinski definition) is 6. The average molecular weight is 514 g/mol. The Morgan fingerprint density at radius 3 is 2.24 bits per heavy atom. The number of ketones is 1. The molecule has 1 amide bonds. The molecule has 196 valence electrons. The van der Waals surface area contributed by atoms with E-state index in [1.165, 1.54) is 11.0 Å². The summed E-state index contributed by atoms with van der Waals surface area (Å²) >= 11 is 0. The van der Waals surface area contributed by atoms with E-state index in [2.05, 4.69) is 0 Å². The summed E-state index contributed by atoms with van der Waals surface area (Å²) in [6.45, 7) is 7.50. The highest BCUT2D eigenvalue weighted by atomic mass is 16.5. The number of carbonyl (C=O) groups is 3. The van der Waals surface area contributed by atoms with Crippen LogP contribution in [-0.4, -0.2) is 36.0 Å². The number of hydrogen-bond donors (Lipinski definition) is 1. The Labute approximate surface area is 222 Å². The number of benzene rings is 3. The summed E-state index contributed by atoms with van der Waals surface area (Å²) in [7, 11) is 1.58. The van der Waals surface area contributed by atoms with Crippen molar-refractivity contribution in [1.29, 1.82) is 0 Å². The molecule has 1 atom stereocenters. The Bertz CT molecular complexity index is 1410. The highest BCUT2D eigenvalue weighted by Gasteiger charge is 2.47. The molecule has 1 aliphatic heterocycles. The first-order valence-electron chi connectivity index (χ1n) is 12.5. The zero-order valence-electron chi connectivity index (χ0n) is 22.1. The Balaban J connectivity index is 1.89. The van der Waals surface area contributed by atoms with Gasteiger partial charge >= 0.3 is 5.97 Å². The minimum Gasteiger partial charge on any atom is -0.507 e. The van der Waals surface area contributed by atoms with E-state index in [4.69, 9.17) is 9.47 Å². The first kappa shape index (κ1) is 26.7. The van der Waals surface area contributed by atoms with Crippen LogP contribution in [0.15, 0.2) is 78.4 Å². The van der Waals surface area contributed by atoms with E-state index >= 15 is 0 Å². The molecule has 7 heteroatoms. The molecule has 0 aromatic heterocycles. The fraction of sp³-hybridized carbons (Fsp3) is 0.258. The fourth-order valence-electron chi connectivity index (χ4n) is 4.60. The summed E-state index contributed by atoms with van der Waals surface area (Å²) in [5.41, 5.74) is 2.47. The quantitative estimate of drug-likeness (QED) is 0.180. The van der Waals surface area contributed by atoms with Crippen molar-refractivity contribution in [2.24, 2.45) is 0 Å². The molecule has 0 saturated carbocycles. The van der Waals surface area contributed by atoms with Crippen LogP contribution >= 0.6 is 0 Å². The van der Waals surface area contributed by atoms with Crippen molar-refractivity contribution in [2.45, 2.75) is 45.8 Å². The number of Topliss-reactive ketones (excluding diaryl/α,β-unsaturated/α-hetero) is 1. The first-order chi connectivity index (χ1) is 18.1.